The molecule has 3 heterocycles. The molecule has 0 unspecified atom stereocenters. The quantitative estimate of drug-likeness (QED) is 0.298. The van der Waals surface area contributed by atoms with E-state index in [1.807, 2.05) is 24.4 Å². The van der Waals surface area contributed by atoms with Crippen LogP contribution in [0.4, 0.5) is 0 Å². The maximum atomic E-state index is 13.6. The van der Waals surface area contributed by atoms with Crippen LogP contribution in [0.1, 0.15) is 35.9 Å². The number of nitrogens with zero attached hydrogens (tertiary/aromatic N) is 2. The molecule has 0 spiro atoms. The number of carbonyl (C=O) groups excluding carboxylic acids is 2. The van der Waals surface area contributed by atoms with Gasteiger partial charge in [-0.15, -0.1) is 11.3 Å². The van der Waals surface area contributed by atoms with Crippen molar-refractivity contribution in [2.45, 2.75) is 26.8 Å². The third-order valence-electron chi connectivity index (χ3n) is 5.20. The van der Waals surface area contributed by atoms with Gasteiger partial charge in [0.05, 0.1) is 21.8 Å². The van der Waals surface area contributed by atoms with Gasteiger partial charge >= 0.3 is 11.9 Å². The first-order chi connectivity index (χ1) is 16.3. The van der Waals surface area contributed by atoms with E-state index >= 15 is 0 Å². The summed E-state index contributed by atoms with van der Waals surface area (Å²) in [6.07, 6.45) is 3.34. The number of carbonyl (C=O) groups is 2. The van der Waals surface area contributed by atoms with E-state index in [0.29, 0.717) is 26.3 Å². The van der Waals surface area contributed by atoms with Crippen LogP contribution in [-0.4, -0.2) is 23.1 Å². The number of thiazole rings is 1. The zero-order chi connectivity index (χ0) is 24.4. The molecule has 1 atom stereocenters. The van der Waals surface area contributed by atoms with E-state index in [2.05, 4.69) is 11.6 Å². The van der Waals surface area contributed by atoms with Crippen LogP contribution in [0.5, 0.6) is 5.75 Å². The highest BCUT2D eigenvalue weighted by atomic mass is 32.1. The van der Waals surface area contributed by atoms with Crippen LogP contribution in [0, 0.1) is 6.92 Å². The standard InChI is InChI=1S/C25H22N2O5S2/c1-5-11-31-24(30)21-15(3)26-25-27(22(21)17-6-8-18(9-7-17)32-16(4)28)23(29)20(34-25)13-19-14(2)10-12-33-19/h5-10,12-13,22H,1,11H2,2-4H3/b20-13-/t22-/m0/s1. The molecule has 0 aliphatic carbocycles. The molecule has 2 aromatic heterocycles. The molecule has 4 rings (SSSR count). The fraction of sp³-hybridized carbons (Fsp3) is 0.200. The van der Waals surface area contributed by atoms with E-state index in [4.69, 9.17) is 9.47 Å². The molecule has 0 saturated heterocycles. The van der Waals surface area contributed by atoms with Crippen molar-refractivity contribution in [1.29, 1.82) is 0 Å². The summed E-state index contributed by atoms with van der Waals surface area (Å²) in [5.74, 6) is -0.638. The third-order valence-corrected chi connectivity index (χ3v) is 7.14. The van der Waals surface area contributed by atoms with Crippen LogP contribution in [0.15, 0.2) is 69.4 Å². The maximum Gasteiger partial charge on any atom is 0.338 e. The van der Waals surface area contributed by atoms with Crippen LogP contribution in [0.3, 0.4) is 0 Å². The van der Waals surface area contributed by atoms with E-state index in [1.165, 1.54) is 28.9 Å². The second-order valence-corrected chi connectivity index (χ2v) is 9.56. The van der Waals surface area contributed by atoms with Gasteiger partial charge in [0.25, 0.3) is 5.56 Å². The van der Waals surface area contributed by atoms with Crippen molar-refractivity contribution in [1.82, 2.24) is 4.57 Å². The molecule has 174 valence electrons. The molecule has 1 aromatic carbocycles. The van der Waals surface area contributed by atoms with Gasteiger partial charge in [0, 0.05) is 11.8 Å². The Morgan fingerprint density at radius 1 is 1.21 bits per heavy atom. The van der Waals surface area contributed by atoms with Crippen molar-refractivity contribution in [2.75, 3.05) is 6.61 Å². The molecule has 7 nitrogen and oxygen atoms in total. The SMILES string of the molecule is C=CCOC(=O)C1=C(C)N=c2s/c(=C\c3sccc3C)c(=O)n2[C@H]1c1ccc(OC(C)=O)cc1. The van der Waals surface area contributed by atoms with Crippen LogP contribution in [-0.2, 0) is 14.3 Å². The van der Waals surface area contributed by atoms with Crippen molar-refractivity contribution in [3.63, 3.8) is 0 Å². The third kappa shape index (κ3) is 4.57. The lowest BCUT2D eigenvalue weighted by atomic mass is 9.96. The minimum atomic E-state index is -0.744. The summed E-state index contributed by atoms with van der Waals surface area (Å²) in [5.41, 5.74) is 2.25. The normalized spacial score (nSPS) is 15.5. The average Bonchev–Trinajstić information content (AvgIpc) is 3.34. The van der Waals surface area contributed by atoms with Gasteiger partial charge in [0.2, 0.25) is 0 Å². The molecule has 3 aromatic rings. The summed E-state index contributed by atoms with van der Waals surface area (Å²) in [4.78, 5) is 43.9. The number of benzene rings is 1. The van der Waals surface area contributed by atoms with Crippen molar-refractivity contribution in [3.8, 4) is 5.75 Å². The number of rotatable bonds is 6. The molecule has 0 N–H and O–H groups in total. The molecule has 1 aliphatic rings. The number of hydrogen-bond donors (Lipinski definition) is 0. The summed E-state index contributed by atoms with van der Waals surface area (Å²) in [6.45, 7) is 8.66. The smallest absolute Gasteiger partial charge is 0.338 e. The van der Waals surface area contributed by atoms with Crippen LogP contribution < -0.4 is 19.6 Å². The highest BCUT2D eigenvalue weighted by molar-refractivity contribution is 7.11. The van der Waals surface area contributed by atoms with E-state index in [1.54, 1.807) is 42.5 Å². The Hall–Kier alpha value is -3.56. The van der Waals surface area contributed by atoms with Gasteiger partial charge < -0.3 is 9.47 Å². The van der Waals surface area contributed by atoms with Gasteiger partial charge in [0.15, 0.2) is 4.80 Å². The van der Waals surface area contributed by atoms with Crippen LogP contribution >= 0.6 is 22.7 Å². The maximum absolute atomic E-state index is 13.6. The molecular formula is C25H22N2O5S2. The highest BCUT2D eigenvalue weighted by Gasteiger charge is 2.33. The van der Waals surface area contributed by atoms with Crippen LogP contribution in [0.2, 0.25) is 0 Å². The second kappa shape index (κ2) is 9.74. The zero-order valence-corrected chi connectivity index (χ0v) is 20.5. The molecule has 0 bridgehead atoms. The number of aryl methyl sites for hydroxylation is 1. The summed E-state index contributed by atoms with van der Waals surface area (Å²) >= 11 is 2.83. The Kier molecular flexibility index (Phi) is 6.76. The van der Waals surface area contributed by atoms with Gasteiger partial charge in [-0.05, 0) is 54.6 Å². The highest BCUT2D eigenvalue weighted by Crippen LogP contribution is 2.31. The van der Waals surface area contributed by atoms with Crippen molar-refractivity contribution < 1.29 is 19.1 Å². The number of aromatic nitrogens is 1. The van der Waals surface area contributed by atoms with Crippen molar-refractivity contribution in [2.24, 2.45) is 4.99 Å². The predicted molar refractivity (Wildman–Crippen MR) is 132 cm³/mol. The monoisotopic (exact) mass is 494 g/mol. The largest absolute Gasteiger partial charge is 0.458 e. The fourth-order valence-corrected chi connectivity index (χ4v) is 5.61. The molecule has 0 amide bonds. The Morgan fingerprint density at radius 3 is 2.56 bits per heavy atom. The van der Waals surface area contributed by atoms with E-state index in [0.717, 1.165) is 10.4 Å². The van der Waals surface area contributed by atoms with E-state index in [9.17, 15) is 14.4 Å². The van der Waals surface area contributed by atoms with E-state index in [-0.39, 0.29) is 17.7 Å². The van der Waals surface area contributed by atoms with Gasteiger partial charge in [-0.2, -0.15) is 0 Å². The van der Waals surface area contributed by atoms with Crippen LogP contribution in [0.25, 0.3) is 6.08 Å². The average molecular weight is 495 g/mol. The Balaban J connectivity index is 1.90. The molecule has 9 heteroatoms. The first kappa shape index (κ1) is 23.6. The molecule has 1 aliphatic heterocycles. The number of esters is 2. The lowest BCUT2D eigenvalue weighted by Crippen LogP contribution is -2.39. The Bertz CT molecular complexity index is 1490. The van der Waals surface area contributed by atoms with Gasteiger partial charge in [-0.25, -0.2) is 9.79 Å². The molecular weight excluding hydrogens is 472 g/mol. The van der Waals surface area contributed by atoms with Gasteiger partial charge in [0.1, 0.15) is 12.4 Å². The lowest BCUT2D eigenvalue weighted by Gasteiger charge is -2.24. The van der Waals surface area contributed by atoms with E-state index < -0.39 is 18.0 Å². The van der Waals surface area contributed by atoms with Gasteiger partial charge in [-0.3, -0.25) is 14.2 Å². The van der Waals surface area contributed by atoms with Gasteiger partial charge in [-0.1, -0.05) is 36.1 Å². The lowest BCUT2D eigenvalue weighted by molar-refractivity contribution is -0.138. The molecule has 34 heavy (non-hydrogen) atoms. The first-order valence-electron chi connectivity index (χ1n) is 10.4. The molecule has 0 radical (unpaired) electrons. The second-order valence-electron chi connectivity index (χ2n) is 7.60. The predicted octanol–water partition coefficient (Wildman–Crippen LogP) is 3.26. The summed E-state index contributed by atoms with van der Waals surface area (Å²) in [5, 5.41) is 1.98. The number of fused-ring (bicyclic) bond motifs is 1. The number of hydrogen-bond acceptors (Lipinski definition) is 8. The summed E-state index contributed by atoms with van der Waals surface area (Å²) in [7, 11) is 0. The van der Waals surface area contributed by atoms with Crippen molar-refractivity contribution >= 4 is 40.7 Å². The summed E-state index contributed by atoms with van der Waals surface area (Å²) in [6, 6.07) is 7.96. The minimum absolute atomic E-state index is 0.0375. The number of ether oxygens (including phenoxy) is 2. The van der Waals surface area contributed by atoms with Crippen molar-refractivity contribution in [3.05, 3.63) is 95.3 Å². The minimum Gasteiger partial charge on any atom is -0.458 e. The molecule has 0 fully saturated rings. The summed E-state index contributed by atoms with van der Waals surface area (Å²) < 4.78 is 12.5. The Morgan fingerprint density at radius 2 is 1.94 bits per heavy atom. The number of allylic oxidation sites excluding steroid dienone is 1. The Labute approximate surface area is 203 Å². The topological polar surface area (TPSA) is 87.0 Å². The fourth-order valence-electron chi connectivity index (χ4n) is 3.65. The molecule has 0 saturated carbocycles. The number of thiophene rings is 1. The zero-order valence-electron chi connectivity index (χ0n) is 18.9. The first-order valence-corrected chi connectivity index (χ1v) is 12.1.